The van der Waals surface area contributed by atoms with Crippen LogP contribution in [-0.4, -0.2) is 11.9 Å². The van der Waals surface area contributed by atoms with Gasteiger partial charge in [-0.25, -0.2) is 0 Å². The van der Waals surface area contributed by atoms with Crippen LogP contribution in [0.15, 0.2) is 22.5 Å². The standard InChI is InChI=1S/C8H12N2S/c1-6(2)10-8(9)7-4-3-5-11-7/h3-6H,1-2H3,(H2,9,10). The number of nitrogens with two attached hydrogens (primary N) is 1. The van der Waals surface area contributed by atoms with Crippen molar-refractivity contribution >= 4 is 17.2 Å². The van der Waals surface area contributed by atoms with E-state index in [9.17, 15) is 0 Å². The lowest BCUT2D eigenvalue weighted by atomic mass is 10.4. The highest BCUT2D eigenvalue weighted by Crippen LogP contribution is 2.07. The van der Waals surface area contributed by atoms with Crippen molar-refractivity contribution in [2.24, 2.45) is 10.7 Å². The van der Waals surface area contributed by atoms with Crippen LogP contribution in [0.25, 0.3) is 0 Å². The molecule has 1 rings (SSSR count). The van der Waals surface area contributed by atoms with E-state index in [2.05, 4.69) is 4.99 Å². The van der Waals surface area contributed by atoms with Crippen molar-refractivity contribution in [3.05, 3.63) is 22.4 Å². The van der Waals surface area contributed by atoms with Gasteiger partial charge in [0.1, 0.15) is 5.84 Å². The highest BCUT2D eigenvalue weighted by molar-refractivity contribution is 7.12. The number of hydrogen-bond acceptors (Lipinski definition) is 2. The monoisotopic (exact) mass is 168 g/mol. The Kier molecular flexibility index (Phi) is 2.65. The smallest absolute Gasteiger partial charge is 0.136 e. The molecule has 0 radical (unpaired) electrons. The molecule has 2 N–H and O–H groups in total. The van der Waals surface area contributed by atoms with Crippen molar-refractivity contribution < 1.29 is 0 Å². The highest BCUT2D eigenvalue weighted by atomic mass is 32.1. The maximum absolute atomic E-state index is 5.70. The van der Waals surface area contributed by atoms with Gasteiger partial charge in [0, 0.05) is 6.04 Å². The molecule has 0 aliphatic rings. The summed E-state index contributed by atoms with van der Waals surface area (Å²) in [7, 11) is 0. The third kappa shape index (κ3) is 2.35. The molecule has 0 unspecified atom stereocenters. The van der Waals surface area contributed by atoms with Gasteiger partial charge >= 0.3 is 0 Å². The van der Waals surface area contributed by atoms with Gasteiger partial charge in [-0.2, -0.15) is 0 Å². The molecule has 3 heteroatoms. The van der Waals surface area contributed by atoms with E-state index in [0.29, 0.717) is 5.84 Å². The van der Waals surface area contributed by atoms with Gasteiger partial charge in [0.05, 0.1) is 4.88 Å². The second-order valence-electron chi connectivity index (χ2n) is 2.59. The number of rotatable bonds is 2. The molecular formula is C8H12N2S. The van der Waals surface area contributed by atoms with E-state index in [1.165, 1.54) is 0 Å². The fraction of sp³-hybridized carbons (Fsp3) is 0.375. The SMILES string of the molecule is CC(C)N=C(N)c1cccs1. The molecule has 1 heterocycles. The number of hydrogen-bond donors (Lipinski definition) is 1. The molecule has 0 aliphatic carbocycles. The number of amidine groups is 1. The summed E-state index contributed by atoms with van der Waals surface area (Å²) in [4.78, 5) is 5.28. The van der Waals surface area contributed by atoms with Crippen molar-refractivity contribution in [2.75, 3.05) is 0 Å². The van der Waals surface area contributed by atoms with E-state index < -0.39 is 0 Å². The summed E-state index contributed by atoms with van der Waals surface area (Å²) in [6.45, 7) is 4.03. The maximum atomic E-state index is 5.70. The predicted molar refractivity (Wildman–Crippen MR) is 50.2 cm³/mol. The van der Waals surface area contributed by atoms with Crippen LogP contribution in [0.5, 0.6) is 0 Å². The Labute approximate surface area is 70.8 Å². The molecule has 1 aromatic rings. The van der Waals surface area contributed by atoms with Crippen LogP contribution >= 0.6 is 11.3 Å². The number of thiophene rings is 1. The van der Waals surface area contributed by atoms with E-state index in [4.69, 9.17) is 5.73 Å². The minimum atomic E-state index is 0.275. The molecular weight excluding hydrogens is 156 g/mol. The summed E-state index contributed by atoms with van der Waals surface area (Å²) in [6, 6.07) is 4.23. The topological polar surface area (TPSA) is 38.4 Å². The average molecular weight is 168 g/mol. The minimum absolute atomic E-state index is 0.275. The lowest BCUT2D eigenvalue weighted by molar-refractivity contribution is 0.835. The quantitative estimate of drug-likeness (QED) is 0.531. The number of nitrogens with zero attached hydrogens (tertiary/aromatic N) is 1. The van der Waals surface area contributed by atoms with E-state index in [-0.39, 0.29) is 6.04 Å². The van der Waals surface area contributed by atoms with Crippen LogP contribution in [0.4, 0.5) is 0 Å². The second-order valence-corrected chi connectivity index (χ2v) is 3.53. The van der Waals surface area contributed by atoms with Gasteiger partial charge in [0.15, 0.2) is 0 Å². The fourth-order valence-electron chi connectivity index (χ4n) is 0.766. The molecule has 0 amide bonds. The van der Waals surface area contributed by atoms with E-state index in [1.807, 2.05) is 31.4 Å². The molecule has 0 bridgehead atoms. The predicted octanol–water partition coefficient (Wildman–Crippen LogP) is 1.86. The Morgan fingerprint density at radius 1 is 1.64 bits per heavy atom. The molecule has 0 atom stereocenters. The van der Waals surface area contributed by atoms with Gasteiger partial charge in [0.25, 0.3) is 0 Å². The third-order valence-corrected chi connectivity index (χ3v) is 2.06. The lowest BCUT2D eigenvalue weighted by Crippen LogP contribution is -2.13. The molecule has 1 aromatic heterocycles. The molecule has 2 nitrogen and oxygen atoms in total. The summed E-state index contributed by atoms with van der Waals surface area (Å²) in [5, 5.41) is 2.00. The van der Waals surface area contributed by atoms with E-state index in [1.54, 1.807) is 11.3 Å². The van der Waals surface area contributed by atoms with E-state index in [0.717, 1.165) is 4.88 Å². The number of aliphatic imine (C=N–C) groups is 1. The second kappa shape index (κ2) is 3.53. The van der Waals surface area contributed by atoms with Gasteiger partial charge in [0.2, 0.25) is 0 Å². The zero-order chi connectivity index (χ0) is 8.27. The van der Waals surface area contributed by atoms with Gasteiger partial charge < -0.3 is 5.73 Å². The summed E-state index contributed by atoms with van der Waals surface area (Å²) in [6.07, 6.45) is 0. The zero-order valence-electron chi connectivity index (χ0n) is 6.74. The summed E-state index contributed by atoms with van der Waals surface area (Å²) in [5.41, 5.74) is 5.70. The minimum Gasteiger partial charge on any atom is -0.383 e. The largest absolute Gasteiger partial charge is 0.383 e. The summed E-state index contributed by atoms with van der Waals surface area (Å²) in [5.74, 6) is 0.648. The van der Waals surface area contributed by atoms with Crippen molar-refractivity contribution in [1.29, 1.82) is 0 Å². The van der Waals surface area contributed by atoms with Crippen LogP contribution < -0.4 is 5.73 Å². The fourth-order valence-corrected chi connectivity index (χ4v) is 1.40. The Hall–Kier alpha value is -0.830. The van der Waals surface area contributed by atoms with Crippen molar-refractivity contribution in [3.63, 3.8) is 0 Å². The summed E-state index contributed by atoms with van der Waals surface area (Å²) < 4.78 is 0. The zero-order valence-corrected chi connectivity index (χ0v) is 7.56. The van der Waals surface area contributed by atoms with Crippen LogP contribution in [0, 0.1) is 0 Å². The molecule has 0 fully saturated rings. The molecule has 0 saturated carbocycles. The molecule has 11 heavy (non-hydrogen) atoms. The van der Waals surface area contributed by atoms with Gasteiger partial charge in [-0.05, 0) is 25.3 Å². The molecule has 0 saturated heterocycles. The molecule has 0 aliphatic heterocycles. The van der Waals surface area contributed by atoms with Crippen LogP contribution in [0.2, 0.25) is 0 Å². The maximum Gasteiger partial charge on any atom is 0.136 e. The Morgan fingerprint density at radius 2 is 2.36 bits per heavy atom. The van der Waals surface area contributed by atoms with Gasteiger partial charge in [-0.1, -0.05) is 6.07 Å². The van der Waals surface area contributed by atoms with Crippen LogP contribution in [0.3, 0.4) is 0 Å². The Morgan fingerprint density at radius 3 is 2.82 bits per heavy atom. The van der Waals surface area contributed by atoms with Crippen molar-refractivity contribution in [2.45, 2.75) is 19.9 Å². The third-order valence-electron chi connectivity index (χ3n) is 1.17. The molecule has 0 aromatic carbocycles. The Balaban J connectivity index is 2.77. The van der Waals surface area contributed by atoms with Crippen LogP contribution in [0.1, 0.15) is 18.7 Å². The first-order chi connectivity index (χ1) is 5.20. The normalized spacial score (nSPS) is 12.5. The summed E-state index contributed by atoms with van der Waals surface area (Å²) >= 11 is 1.62. The van der Waals surface area contributed by atoms with Crippen molar-refractivity contribution in [3.8, 4) is 0 Å². The van der Waals surface area contributed by atoms with Crippen molar-refractivity contribution in [1.82, 2.24) is 0 Å². The van der Waals surface area contributed by atoms with Crippen LogP contribution in [-0.2, 0) is 0 Å². The first-order valence-electron chi connectivity index (χ1n) is 3.57. The molecule has 0 spiro atoms. The highest BCUT2D eigenvalue weighted by Gasteiger charge is 1.98. The first kappa shape index (κ1) is 8.27. The van der Waals surface area contributed by atoms with Gasteiger partial charge in [-0.3, -0.25) is 4.99 Å². The Bertz CT molecular complexity index is 237. The molecule has 60 valence electrons. The van der Waals surface area contributed by atoms with Gasteiger partial charge in [-0.15, -0.1) is 11.3 Å². The lowest BCUT2D eigenvalue weighted by Gasteiger charge is -1.98. The first-order valence-corrected chi connectivity index (χ1v) is 4.45. The van der Waals surface area contributed by atoms with E-state index >= 15 is 0 Å². The average Bonchev–Trinajstić information content (AvgIpc) is 2.35.